The summed E-state index contributed by atoms with van der Waals surface area (Å²) in [6, 6.07) is 29.1. The number of benzene rings is 3. The van der Waals surface area contributed by atoms with Gasteiger partial charge in [0.1, 0.15) is 36.3 Å². The minimum Gasteiger partial charge on any atom is -0.497 e. The third-order valence-electron chi connectivity index (χ3n) is 8.17. The van der Waals surface area contributed by atoms with Gasteiger partial charge in [0.15, 0.2) is 12.1 Å². The number of rotatable bonds is 16. The van der Waals surface area contributed by atoms with Crippen LogP contribution in [0.25, 0.3) is 0 Å². The average molecular weight is 651 g/mol. The van der Waals surface area contributed by atoms with Crippen molar-refractivity contribution in [3.63, 3.8) is 0 Å². The van der Waals surface area contributed by atoms with E-state index in [1.54, 1.807) is 7.11 Å². The van der Waals surface area contributed by atoms with Crippen molar-refractivity contribution >= 4 is 8.07 Å². The van der Waals surface area contributed by atoms with Crippen LogP contribution in [-0.2, 0) is 53.0 Å². The molecule has 0 radical (unpaired) electrons. The molecular formula is C37H50O8Si. The van der Waals surface area contributed by atoms with E-state index < -0.39 is 50.7 Å². The zero-order chi connectivity index (χ0) is 32.6. The Morgan fingerprint density at radius 3 is 1.98 bits per heavy atom. The van der Waals surface area contributed by atoms with Gasteiger partial charge in [-0.25, -0.2) is 0 Å². The molecule has 46 heavy (non-hydrogen) atoms. The lowest BCUT2D eigenvalue weighted by Crippen LogP contribution is -2.62. The molecule has 0 amide bonds. The molecule has 250 valence electrons. The van der Waals surface area contributed by atoms with Crippen molar-refractivity contribution in [2.45, 2.75) is 102 Å². The highest BCUT2D eigenvalue weighted by Gasteiger charge is 2.58. The topological polar surface area (TPSA) is 73.8 Å². The first-order chi connectivity index (χ1) is 22.1. The molecule has 6 atom stereocenters. The predicted molar refractivity (Wildman–Crippen MR) is 179 cm³/mol. The van der Waals surface area contributed by atoms with Gasteiger partial charge in [-0.05, 0) is 48.7 Å². The normalized spacial score (nSPS) is 24.8. The summed E-state index contributed by atoms with van der Waals surface area (Å²) in [7, 11) is 0.315. The Morgan fingerprint density at radius 2 is 1.35 bits per heavy atom. The van der Waals surface area contributed by atoms with Crippen LogP contribution in [0.4, 0.5) is 0 Å². The van der Waals surface area contributed by atoms with Crippen LogP contribution in [0.3, 0.4) is 0 Å². The van der Waals surface area contributed by atoms with Crippen molar-refractivity contribution in [1.82, 2.24) is 0 Å². The molecule has 0 N–H and O–H groups in total. The minimum atomic E-state index is -1.34. The quantitative estimate of drug-likeness (QED) is 0.154. The maximum Gasteiger partial charge on any atom is 0.187 e. The van der Waals surface area contributed by atoms with Gasteiger partial charge >= 0.3 is 0 Å². The van der Waals surface area contributed by atoms with Crippen LogP contribution in [0.5, 0.6) is 5.75 Å². The van der Waals surface area contributed by atoms with Gasteiger partial charge in [-0.2, -0.15) is 0 Å². The van der Waals surface area contributed by atoms with Gasteiger partial charge in [0.2, 0.25) is 0 Å². The Bertz CT molecular complexity index is 1310. The Hall–Kier alpha value is -2.60. The summed E-state index contributed by atoms with van der Waals surface area (Å²) in [6.45, 7) is 12.9. The van der Waals surface area contributed by atoms with Gasteiger partial charge in [-0.15, -0.1) is 0 Å². The van der Waals surface area contributed by atoms with Gasteiger partial charge in [0.25, 0.3) is 0 Å². The molecule has 2 aliphatic rings. The highest BCUT2D eigenvalue weighted by molar-refractivity contribution is 6.76. The molecule has 2 fully saturated rings. The number of ether oxygens (including phenoxy) is 8. The Morgan fingerprint density at radius 1 is 0.739 bits per heavy atom. The third kappa shape index (κ3) is 9.95. The maximum atomic E-state index is 6.84. The zero-order valence-electron chi connectivity index (χ0n) is 28.1. The Kier molecular flexibility index (Phi) is 12.1. The van der Waals surface area contributed by atoms with Crippen LogP contribution in [0.1, 0.15) is 30.5 Å². The summed E-state index contributed by atoms with van der Waals surface area (Å²) < 4.78 is 51.3. The first kappa shape index (κ1) is 34.7. The van der Waals surface area contributed by atoms with Gasteiger partial charge < -0.3 is 37.9 Å². The lowest BCUT2D eigenvalue weighted by atomic mass is 9.95. The van der Waals surface area contributed by atoms with E-state index in [2.05, 4.69) is 43.9 Å². The van der Waals surface area contributed by atoms with E-state index in [0.29, 0.717) is 26.4 Å². The smallest absolute Gasteiger partial charge is 0.187 e. The summed E-state index contributed by atoms with van der Waals surface area (Å²) in [4.78, 5) is 0. The Labute approximate surface area is 275 Å². The summed E-state index contributed by atoms with van der Waals surface area (Å²) >= 11 is 0. The van der Waals surface area contributed by atoms with E-state index in [9.17, 15) is 0 Å². The van der Waals surface area contributed by atoms with Crippen LogP contribution in [-0.4, -0.2) is 71.0 Å². The fourth-order valence-electron chi connectivity index (χ4n) is 5.68. The fraction of sp³-hybridized carbons (Fsp3) is 0.514. The zero-order valence-corrected chi connectivity index (χ0v) is 29.1. The van der Waals surface area contributed by atoms with Gasteiger partial charge in [0.05, 0.1) is 33.5 Å². The molecule has 3 aromatic rings. The molecule has 0 bridgehead atoms. The largest absolute Gasteiger partial charge is 0.497 e. The van der Waals surface area contributed by atoms with Crippen molar-refractivity contribution in [3.8, 4) is 5.75 Å². The van der Waals surface area contributed by atoms with Gasteiger partial charge in [0, 0.05) is 14.7 Å². The molecule has 9 heteroatoms. The number of methoxy groups -OCH3 is 1. The highest BCUT2D eigenvalue weighted by Crippen LogP contribution is 2.41. The number of hydrogen-bond acceptors (Lipinski definition) is 8. The third-order valence-corrected chi connectivity index (χ3v) is 9.88. The fourth-order valence-corrected chi connectivity index (χ4v) is 6.41. The molecule has 0 saturated carbocycles. The van der Waals surface area contributed by atoms with Crippen molar-refractivity contribution in [1.29, 1.82) is 0 Å². The molecule has 0 aliphatic carbocycles. The second kappa shape index (κ2) is 16.0. The first-order valence-electron chi connectivity index (χ1n) is 16.2. The van der Waals surface area contributed by atoms with Crippen LogP contribution in [0.2, 0.25) is 25.7 Å². The number of fused-ring (bicyclic) bond motifs is 1. The second-order valence-electron chi connectivity index (χ2n) is 13.7. The van der Waals surface area contributed by atoms with Crippen LogP contribution in [0.15, 0.2) is 84.9 Å². The van der Waals surface area contributed by atoms with E-state index in [4.69, 9.17) is 37.9 Å². The monoisotopic (exact) mass is 650 g/mol. The molecule has 3 aromatic carbocycles. The van der Waals surface area contributed by atoms with E-state index in [0.717, 1.165) is 28.5 Å². The van der Waals surface area contributed by atoms with E-state index in [1.165, 1.54) is 0 Å². The maximum absolute atomic E-state index is 6.84. The lowest BCUT2D eigenvalue weighted by molar-refractivity contribution is -0.304. The second-order valence-corrected chi connectivity index (χ2v) is 19.3. The SMILES string of the molecule is COc1ccc(CO[C@H]2[C@@H]3OC(C)(C)O[C@@H]3[C@@H](OCC[Si](C)(C)C)O[C@@H]2[C@H](COCc2ccccc2)OCc2ccccc2)cc1. The predicted octanol–water partition coefficient (Wildman–Crippen LogP) is 6.98. The van der Waals surface area contributed by atoms with Crippen LogP contribution >= 0.6 is 0 Å². The lowest BCUT2D eigenvalue weighted by Gasteiger charge is -2.44. The van der Waals surface area contributed by atoms with Crippen LogP contribution < -0.4 is 4.74 Å². The molecule has 2 aliphatic heterocycles. The molecule has 2 saturated heterocycles. The van der Waals surface area contributed by atoms with Crippen molar-refractivity contribution in [2.24, 2.45) is 0 Å². The molecule has 5 rings (SSSR count). The molecule has 2 heterocycles. The molecular weight excluding hydrogens is 600 g/mol. The molecule has 0 aromatic heterocycles. The average Bonchev–Trinajstić information content (AvgIpc) is 3.38. The van der Waals surface area contributed by atoms with Crippen molar-refractivity contribution in [2.75, 3.05) is 20.3 Å². The molecule has 0 unspecified atom stereocenters. The summed E-state index contributed by atoms with van der Waals surface area (Å²) in [5.41, 5.74) is 3.15. The summed E-state index contributed by atoms with van der Waals surface area (Å²) in [5.74, 6) is -0.0416. The summed E-state index contributed by atoms with van der Waals surface area (Å²) in [6.07, 6.45) is -3.12. The van der Waals surface area contributed by atoms with Crippen LogP contribution in [0, 0.1) is 0 Å². The summed E-state index contributed by atoms with van der Waals surface area (Å²) in [5, 5.41) is 0. The van der Waals surface area contributed by atoms with Crippen molar-refractivity contribution < 1.29 is 37.9 Å². The molecule has 0 spiro atoms. The highest BCUT2D eigenvalue weighted by atomic mass is 28.3. The van der Waals surface area contributed by atoms with Gasteiger partial charge in [-0.1, -0.05) is 92.4 Å². The Balaban J connectivity index is 1.42. The van der Waals surface area contributed by atoms with E-state index in [1.807, 2.05) is 74.5 Å². The van der Waals surface area contributed by atoms with E-state index >= 15 is 0 Å². The molecule has 8 nitrogen and oxygen atoms in total. The first-order valence-corrected chi connectivity index (χ1v) is 20.0. The standard InChI is InChI=1S/C37H50O8Si/c1-37(2)44-34-33(42-25-29-17-19-30(38-3)20-18-29)32(43-36(35(34)45-37)40-21-22-46(4,5)6)31(41-24-28-15-11-8-12-16-28)26-39-23-27-13-9-7-10-14-27/h7-20,31-36H,21-26H2,1-6H3/t31-,32+,33+,34-,35-,36-/m0/s1. The number of hydrogen-bond donors (Lipinski definition) is 0. The van der Waals surface area contributed by atoms with Crippen molar-refractivity contribution in [3.05, 3.63) is 102 Å². The minimum absolute atomic E-state index is 0.290. The van der Waals surface area contributed by atoms with E-state index in [-0.39, 0.29) is 6.61 Å². The van der Waals surface area contributed by atoms with Gasteiger partial charge in [-0.3, -0.25) is 0 Å².